The lowest BCUT2D eigenvalue weighted by Gasteiger charge is -2.32. The van der Waals surface area contributed by atoms with E-state index in [1.807, 2.05) is 0 Å². The van der Waals surface area contributed by atoms with Gasteiger partial charge in [0, 0.05) is 19.1 Å². The van der Waals surface area contributed by atoms with Crippen molar-refractivity contribution in [2.75, 3.05) is 26.2 Å². The van der Waals surface area contributed by atoms with E-state index in [-0.39, 0.29) is 5.91 Å². The lowest BCUT2D eigenvalue weighted by Crippen LogP contribution is -2.46. The molecule has 0 radical (unpaired) electrons. The fourth-order valence-electron chi connectivity index (χ4n) is 2.99. The summed E-state index contributed by atoms with van der Waals surface area (Å²) in [5, 5.41) is 9.13. The van der Waals surface area contributed by atoms with Gasteiger partial charge in [0.15, 0.2) is 0 Å². The zero-order chi connectivity index (χ0) is 14.0. The van der Waals surface area contributed by atoms with E-state index in [0.717, 1.165) is 19.5 Å². The minimum Gasteiger partial charge on any atom is -0.480 e. The summed E-state index contributed by atoms with van der Waals surface area (Å²) in [6, 6.07) is 0.425. The Hall–Kier alpha value is -1.10. The molecular weight excluding hydrogens is 244 g/mol. The standard InChI is InChI=1S/C14H24N2O3/c1-14(2,13(18)19)12(17)16-9-6-11(10-16)15-7-4-3-5-8-15/h11H,3-10H2,1-2H3,(H,18,19). The van der Waals surface area contributed by atoms with Gasteiger partial charge in [-0.2, -0.15) is 0 Å². The van der Waals surface area contributed by atoms with Crippen molar-refractivity contribution in [3.63, 3.8) is 0 Å². The van der Waals surface area contributed by atoms with Crippen molar-refractivity contribution < 1.29 is 14.7 Å². The van der Waals surface area contributed by atoms with Gasteiger partial charge >= 0.3 is 5.97 Å². The smallest absolute Gasteiger partial charge is 0.318 e. The predicted molar refractivity (Wildman–Crippen MR) is 71.8 cm³/mol. The molecule has 1 unspecified atom stereocenters. The first-order valence-corrected chi connectivity index (χ1v) is 7.20. The molecule has 0 aliphatic carbocycles. The van der Waals surface area contributed by atoms with Gasteiger partial charge in [0.2, 0.25) is 5.91 Å². The molecule has 2 fully saturated rings. The molecule has 108 valence electrons. The van der Waals surface area contributed by atoms with Crippen LogP contribution in [0.25, 0.3) is 0 Å². The summed E-state index contributed by atoms with van der Waals surface area (Å²) in [6.45, 7) is 6.61. The highest BCUT2D eigenvalue weighted by Gasteiger charge is 2.42. The highest BCUT2D eigenvalue weighted by molar-refractivity contribution is 6.01. The van der Waals surface area contributed by atoms with Crippen LogP contribution in [-0.4, -0.2) is 59.0 Å². The van der Waals surface area contributed by atoms with Crippen LogP contribution in [0.1, 0.15) is 39.5 Å². The molecule has 2 saturated heterocycles. The first kappa shape index (κ1) is 14.3. The number of hydrogen-bond donors (Lipinski definition) is 1. The predicted octanol–water partition coefficient (Wildman–Crippen LogP) is 1.18. The van der Waals surface area contributed by atoms with E-state index in [4.69, 9.17) is 5.11 Å². The molecule has 2 aliphatic rings. The number of carbonyl (C=O) groups excluding carboxylic acids is 1. The number of nitrogens with zero attached hydrogens (tertiary/aromatic N) is 2. The highest BCUT2D eigenvalue weighted by atomic mass is 16.4. The van der Waals surface area contributed by atoms with Crippen molar-refractivity contribution >= 4 is 11.9 Å². The van der Waals surface area contributed by atoms with Crippen LogP contribution in [-0.2, 0) is 9.59 Å². The van der Waals surface area contributed by atoms with Crippen molar-refractivity contribution in [3.8, 4) is 0 Å². The minimum absolute atomic E-state index is 0.250. The molecule has 1 atom stereocenters. The Balaban J connectivity index is 1.94. The molecule has 2 heterocycles. The Kier molecular flexibility index (Phi) is 4.13. The molecule has 1 N–H and O–H groups in total. The molecule has 0 aromatic rings. The van der Waals surface area contributed by atoms with Crippen LogP contribution in [0.4, 0.5) is 0 Å². The molecule has 0 spiro atoms. The molecule has 0 saturated carbocycles. The molecule has 1 amide bonds. The fraction of sp³-hybridized carbons (Fsp3) is 0.857. The van der Waals surface area contributed by atoms with Gasteiger partial charge in [-0.25, -0.2) is 0 Å². The quantitative estimate of drug-likeness (QED) is 0.781. The number of hydrogen-bond acceptors (Lipinski definition) is 3. The maximum atomic E-state index is 12.3. The molecule has 2 aliphatic heterocycles. The maximum absolute atomic E-state index is 12.3. The summed E-state index contributed by atoms with van der Waals surface area (Å²) in [5.74, 6) is -1.29. The van der Waals surface area contributed by atoms with E-state index >= 15 is 0 Å². The summed E-state index contributed by atoms with van der Waals surface area (Å²) in [5.41, 5.74) is -1.31. The second-order valence-corrected chi connectivity index (χ2v) is 6.22. The van der Waals surface area contributed by atoms with Gasteiger partial charge in [-0.05, 0) is 46.2 Å². The molecule has 19 heavy (non-hydrogen) atoms. The number of likely N-dealkylation sites (tertiary alicyclic amines) is 2. The number of amides is 1. The molecule has 0 aromatic heterocycles. The van der Waals surface area contributed by atoms with Gasteiger partial charge in [-0.1, -0.05) is 6.42 Å². The van der Waals surface area contributed by atoms with Gasteiger partial charge in [0.1, 0.15) is 5.41 Å². The number of carboxylic acids is 1. The van der Waals surface area contributed by atoms with Crippen molar-refractivity contribution in [2.45, 2.75) is 45.6 Å². The lowest BCUT2D eigenvalue weighted by molar-refractivity contribution is -0.157. The zero-order valence-corrected chi connectivity index (χ0v) is 11.9. The largest absolute Gasteiger partial charge is 0.480 e. The Bertz CT molecular complexity index is 362. The summed E-state index contributed by atoms with van der Waals surface area (Å²) in [6.07, 6.45) is 4.76. The van der Waals surface area contributed by atoms with Gasteiger partial charge in [0.05, 0.1) is 0 Å². The number of aliphatic carboxylic acids is 1. The Morgan fingerprint density at radius 1 is 1.11 bits per heavy atom. The number of rotatable bonds is 3. The van der Waals surface area contributed by atoms with Gasteiger partial charge in [0.25, 0.3) is 0 Å². The second kappa shape index (κ2) is 5.49. The van der Waals surface area contributed by atoms with Crippen LogP contribution in [0.3, 0.4) is 0 Å². The average molecular weight is 268 g/mol. The Labute approximate surface area is 114 Å². The summed E-state index contributed by atoms with van der Waals surface area (Å²) in [7, 11) is 0. The molecule has 5 nitrogen and oxygen atoms in total. The minimum atomic E-state index is -1.31. The number of carbonyl (C=O) groups is 2. The van der Waals surface area contributed by atoms with Gasteiger partial charge in [-0.15, -0.1) is 0 Å². The van der Waals surface area contributed by atoms with E-state index in [2.05, 4.69) is 4.90 Å². The van der Waals surface area contributed by atoms with Crippen molar-refractivity contribution in [2.24, 2.45) is 5.41 Å². The molecule has 2 rings (SSSR count). The second-order valence-electron chi connectivity index (χ2n) is 6.22. The molecular formula is C14H24N2O3. The molecule has 0 aromatic carbocycles. The number of carboxylic acid groups (broad SMARTS) is 1. The van der Waals surface area contributed by atoms with Crippen LogP contribution < -0.4 is 0 Å². The summed E-state index contributed by atoms with van der Waals surface area (Å²) in [4.78, 5) is 27.6. The third-order valence-corrected chi connectivity index (χ3v) is 4.43. The first-order valence-electron chi connectivity index (χ1n) is 7.20. The third-order valence-electron chi connectivity index (χ3n) is 4.43. The van der Waals surface area contributed by atoms with Gasteiger partial charge in [-0.3, -0.25) is 14.5 Å². The third kappa shape index (κ3) is 2.91. The Morgan fingerprint density at radius 2 is 1.74 bits per heavy atom. The SMILES string of the molecule is CC(C)(C(=O)O)C(=O)N1CCC(N2CCCCC2)C1. The average Bonchev–Trinajstić information content (AvgIpc) is 2.88. The van der Waals surface area contributed by atoms with Crippen molar-refractivity contribution in [1.82, 2.24) is 9.80 Å². The van der Waals surface area contributed by atoms with Crippen LogP contribution in [0.15, 0.2) is 0 Å². The monoisotopic (exact) mass is 268 g/mol. The molecule has 5 heteroatoms. The lowest BCUT2D eigenvalue weighted by atomic mass is 9.92. The van der Waals surface area contributed by atoms with E-state index in [1.165, 1.54) is 33.1 Å². The summed E-state index contributed by atoms with van der Waals surface area (Å²) < 4.78 is 0. The zero-order valence-electron chi connectivity index (χ0n) is 11.9. The van der Waals surface area contributed by atoms with Crippen molar-refractivity contribution in [1.29, 1.82) is 0 Å². The first-order chi connectivity index (χ1) is 8.93. The fourth-order valence-corrected chi connectivity index (χ4v) is 2.99. The van der Waals surface area contributed by atoms with Crippen LogP contribution >= 0.6 is 0 Å². The van der Waals surface area contributed by atoms with E-state index < -0.39 is 11.4 Å². The molecule has 0 bridgehead atoms. The topological polar surface area (TPSA) is 60.9 Å². The van der Waals surface area contributed by atoms with E-state index in [0.29, 0.717) is 19.1 Å². The van der Waals surface area contributed by atoms with Crippen LogP contribution in [0, 0.1) is 5.41 Å². The van der Waals surface area contributed by atoms with E-state index in [1.54, 1.807) is 4.90 Å². The van der Waals surface area contributed by atoms with Gasteiger partial charge < -0.3 is 10.0 Å². The van der Waals surface area contributed by atoms with Crippen molar-refractivity contribution in [3.05, 3.63) is 0 Å². The Morgan fingerprint density at radius 3 is 2.32 bits per heavy atom. The van der Waals surface area contributed by atoms with Crippen LogP contribution in [0.5, 0.6) is 0 Å². The number of piperidine rings is 1. The van der Waals surface area contributed by atoms with Crippen LogP contribution in [0.2, 0.25) is 0 Å². The normalized spacial score (nSPS) is 25.6. The van der Waals surface area contributed by atoms with E-state index in [9.17, 15) is 9.59 Å². The highest BCUT2D eigenvalue weighted by Crippen LogP contribution is 2.25. The summed E-state index contributed by atoms with van der Waals surface area (Å²) >= 11 is 0. The maximum Gasteiger partial charge on any atom is 0.318 e.